The Kier molecular flexibility index (Phi) is 1.53. The van der Waals surface area contributed by atoms with Crippen LogP contribution >= 0.6 is 11.3 Å². The molecule has 3 N–H and O–H groups in total. The number of thiophene rings is 1. The topological polar surface area (TPSA) is 49.9 Å². The number of hydrogen-bond donors (Lipinski definition) is 2. The lowest BCUT2D eigenvalue weighted by Gasteiger charge is -1.91. The summed E-state index contributed by atoms with van der Waals surface area (Å²) in [5, 5.41) is 9.11. The summed E-state index contributed by atoms with van der Waals surface area (Å²) in [4.78, 5) is 0.884. The van der Waals surface area contributed by atoms with E-state index in [-0.39, 0.29) is 0 Å². The summed E-state index contributed by atoms with van der Waals surface area (Å²) in [5.74, 6) is 0. The lowest BCUT2D eigenvalue weighted by molar-refractivity contribution is 1.49. The molecule has 48 valence electrons. The molecule has 0 radical (unpaired) electrons. The average molecular weight is 140 g/mol. The molecule has 0 spiro atoms. The third kappa shape index (κ3) is 1.10. The van der Waals surface area contributed by atoms with Crippen LogP contribution in [0.2, 0.25) is 0 Å². The zero-order valence-electron chi connectivity index (χ0n) is 5.14. The van der Waals surface area contributed by atoms with Crippen molar-refractivity contribution in [3.63, 3.8) is 0 Å². The number of nitrogens with two attached hydrogens (primary N) is 1. The Morgan fingerprint density at radius 3 is 2.67 bits per heavy atom. The van der Waals surface area contributed by atoms with Crippen LogP contribution in [0.15, 0.2) is 11.4 Å². The van der Waals surface area contributed by atoms with Crippen molar-refractivity contribution in [1.82, 2.24) is 0 Å². The molecule has 0 saturated heterocycles. The van der Waals surface area contributed by atoms with Crippen molar-refractivity contribution in [1.29, 1.82) is 5.41 Å². The fourth-order valence-electron chi connectivity index (χ4n) is 0.624. The fraction of sp³-hybridized carbons (Fsp3) is 0.167. The molecule has 0 aromatic carbocycles. The van der Waals surface area contributed by atoms with Crippen molar-refractivity contribution in [3.05, 3.63) is 16.3 Å². The standard InChI is InChI=1S/C6H8N2S/c1-4(7)6-5(8)2-3-9-6/h2-3,7H,8H2,1H3. The molecule has 0 unspecified atom stereocenters. The van der Waals surface area contributed by atoms with Crippen LogP contribution in [0.4, 0.5) is 5.69 Å². The number of nitrogens with one attached hydrogen (secondary N) is 1. The molecule has 0 aliphatic heterocycles. The fourth-order valence-corrected chi connectivity index (χ4v) is 1.36. The number of anilines is 1. The van der Waals surface area contributed by atoms with Crippen LogP contribution in [0.5, 0.6) is 0 Å². The van der Waals surface area contributed by atoms with Gasteiger partial charge in [0.1, 0.15) is 0 Å². The molecule has 9 heavy (non-hydrogen) atoms. The number of hydrogen-bond acceptors (Lipinski definition) is 3. The van der Waals surface area contributed by atoms with Gasteiger partial charge < -0.3 is 11.1 Å². The second kappa shape index (κ2) is 2.19. The van der Waals surface area contributed by atoms with E-state index in [0.29, 0.717) is 11.4 Å². The van der Waals surface area contributed by atoms with Gasteiger partial charge in [-0.05, 0) is 18.4 Å². The molecule has 1 heterocycles. The van der Waals surface area contributed by atoms with Crippen molar-refractivity contribution in [2.45, 2.75) is 6.92 Å². The van der Waals surface area contributed by atoms with Crippen LogP contribution < -0.4 is 5.73 Å². The van der Waals surface area contributed by atoms with Gasteiger partial charge >= 0.3 is 0 Å². The molecule has 0 bridgehead atoms. The highest BCUT2D eigenvalue weighted by Gasteiger charge is 1.99. The van der Waals surface area contributed by atoms with Crippen molar-refractivity contribution in [2.75, 3.05) is 5.73 Å². The quantitative estimate of drug-likeness (QED) is 0.573. The second-order valence-electron chi connectivity index (χ2n) is 1.83. The molecular weight excluding hydrogens is 132 g/mol. The van der Waals surface area contributed by atoms with Crippen LogP contribution in [0.1, 0.15) is 11.8 Å². The zero-order chi connectivity index (χ0) is 6.85. The van der Waals surface area contributed by atoms with Gasteiger partial charge in [-0.25, -0.2) is 0 Å². The molecular formula is C6H8N2S. The van der Waals surface area contributed by atoms with Gasteiger partial charge in [-0.2, -0.15) is 0 Å². The van der Waals surface area contributed by atoms with Gasteiger partial charge in [-0.3, -0.25) is 0 Å². The van der Waals surface area contributed by atoms with Crippen LogP contribution in [0.3, 0.4) is 0 Å². The number of rotatable bonds is 1. The van der Waals surface area contributed by atoms with E-state index >= 15 is 0 Å². The number of nitrogen functional groups attached to an aromatic ring is 1. The summed E-state index contributed by atoms with van der Waals surface area (Å²) >= 11 is 1.51. The predicted molar refractivity (Wildman–Crippen MR) is 41.2 cm³/mol. The van der Waals surface area contributed by atoms with Gasteiger partial charge in [0.15, 0.2) is 0 Å². The third-order valence-corrected chi connectivity index (χ3v) is 2.09. The van der Waals surface area contributed by atoms with E-state index in [2.05, 4.69) is 0 Å². The van der Waals surface area contributed by atoms with Gasteiger partial charge in [0, 0.05) is 5.71 Å². The monoisotopic (exact) mass is 140 g/mol. The summed E-state index contributed by atoms with van der Waals surface area (Å²) in [6.45, 7) is 1.74. The largest absolute Gasteiger partial charge is 0.398 e. The Balaban J connectivity index is 3.08. The molecule has 2 nitrogen and oxygen atoms in total. The third-order valence-electron chi connectivity index (χ3n) is 1.04. The molecule has 1 rings (SSSR count). The normalized spacial score (nSPS) is 9.44. The van der Waals surface area contributed by atoms with Crippen LogP contribution in [-0.4, -0.2) is 5.71 Å². The van der Waals surface area contributed by atoms with Crippen molar-refractivity contribution >= 4 is 22.7 Å². The van der Waals surface area contributed by atoms with E-state index in [1.165, 1.54) is 11.3 Å². The van der Waals surface area contributed by atoms with Crippen LogP contribution in [0, 0.1) is 5.41 Å². The van der Waals surface area contributed by atoms with E-state index < -0.39 is 0 Å². The first kappa shape index (κ1) is 6.29. The van der Waals surface area contributed by atoms with Crippen LogP contribution in [-0.2, 0) is 0 Å². The molecule has 0 aliphatic carbocycles. The smallest absolute Gasteiger partial charge is 0.0704 e. The maximum Gasteiger partial charge on any atom is 0.0704 e. The molecule has 0 aliphatic rings. The van der Waals surface area contributed by atoms with Crippen molar-refractivity contribution in [2.24, 2.45) is 0 Å². The Morgan fingerprint density at radius 2 is 2.44 bits per heavy atom. The highest BCUT2D eigenvalue weighted by molar-refractivity contribution is 7.12. The first-order valence-electron chi connectivity index (χ1n) is 2.60. The summed E-state index contributed by atoms with van der Waals surface area (Å²) in [6, 6.07) is 1.82. The zero-order valence-corrected chi connectivity index (χ0v) is 5.96. The first-order chi connectivity index (χ1) is 4.22. The summed E-state index contributed by atoms with van der Waals surface area (Å²) in [5.41, 5.74) is 6.77. The SMILES string of the molecule is CC(=N)c1sccc1N. The highest BCUT2D eigenvalue weighted by Crippen LogP contribution is 2.18. The van der Waals surface area contributed by atoms with Gasteiger partial charge in [0.25, 0.3) is 0 Å². The van der Waals surface area contributed by atoms with Crippen molar-refractivity contribution < 1.29 is 0 Å². The van der Waals surface area contributed by atoms with E-state index in [4.69, 9.17) is 11.1 Å². The Morgan fingerprint density at radius 1 is 1.78 bits per heavy atom. The Hall–Kier alpha value is -0.830. The molecule has 1 aromatic rings. The minimum Gasteiger partial charge on any atom is -0.398 e. The Bertz CT molecular complexity index is 227. The predicted octanol–water partition coefficient (Wildman–Crippen LogP) is 1.72. The van der Waals surface area contributed by atoms with Gasteiger partial charge in [0.05, 0.1) is 10.6 Å². The molecule has 0 amide bonds. The maximum absolute atomic E-state index is 7.22. The van der Waals surface area contributed by atoms with Crippen LogP contribution in [0.25, 0.3) is 0 Å². The molecule has 0 saturated carbocycles. The molecule has 3 heteroatoms. The summed E-state index contributed by atoms with van der Waals surface area (Å²) < 4.78 is 0. The van der Waals surface area contributed by atoms with E-state index in [9.17, 15) is 0 Å². The first-order valence-corrected chi connectivity index (χ1v) is 3.48. The van der Waals surface area contributed by atoms with Gasteiger partial charge in [-0.15, -0.1) is 11.3 Å². The van der Waals surface area contributed by atoms with E-state index in [1.54, 1.807) is 6.92 Å². The maximum atomic E-state index is 7.22. The van der Waals surface area contributed by atoms with Gasteiger partial charge in [-0.1, -0.05) is 0 Å². The molecule has 1 aromatic heterocycles. The average Bonchev–Trinajstić information content (AvgIpc) is 2.13. The Labute approximate surface area is 57.8 Å². The lowest BCUT2D eigenvalue weighted by atomic mass is 10.3. The summed E-state index contributed by atoms with van der Waals surface area (Å²) in [6.07, 6.45) is 0. The van der Waals surface area contributed by atoms with E-state index in [1.807, 2.05) is 11.4 Å². The van der Waals surface area contributed by atoms with E-state index in [0.717, 1.165) is 4.88 Å². The minimum absolute atomic E-state index is 0.544. The highest BCUT2D eigenvalue weighted by atomic mass is 32.1. The second-order valence-corrected chi connectivity index (χ2v) is 2.75. The molecule has 0 atom stereocenters. The van der Waals surface area contributed by atoms with Gasteiger partial charge in [0.2, 0.25) is 0 Å². The van der Waals surface area contributed by atoms with Crippen molar-refractivity contribution in [3.8, 4) is 0 Å². The summed E-state index contributed by atoms with van der Waals surface area (Å²) in [7, 11) is 0. The minimum atomic E-state index is 0.544. The lowest BCUT2D eigenvalue weighted by Crippen LogP contribution is -1.92. The molecule has 0 fully saturated rings.